The largest absolute Gasteiger partial charge is 0.467 e. The highest BCUT2D eigenvalue weighted by molar-refractivity contribution is 6.30. The van der Waals surface area contributed by atoms with Crippen LogP contribution in [-0.4, -0.2) is 46.8 Å². The van der Waals surface area contributed by atoms with Crippen molar-refractivity contribution in [1.82, 2.24) is 4.90 Å². The number of benzene rings is 1. The van der Waals surface area contributed by atoms with Crippen molar-refractivity contribution in [3.05, 3.63) is 45.0 Å². The van der Waals surface area contributed by atoms with Gasteiger partial charge in [-0.2, -0.15) is 8.78 Å². The number of ether oxygens (including phenoxy) is 1. The number of hydrogen-bond donors (Lipinski definition) is 0. The van der Waals surface area contributed by atoms with Gasteiger partial charge in [-0.3, -0.25) is 14.9 Å². The number of hydrogen-bond acceptors (Lipinski definition) is 5. The van der Waals surface area contributed by atoms with Crippen molar-refractivity contribution in [2.24, 2.45) is 0 Å². The number of nitrogens with zero attached hydrogens (tertiary/aromatic N) is 2. The van der Waals surface area contributed by atoms with E-state index in [9.17, 15) is 19.7 Å². The smallest absolute Gasteiger partial charge is 0.328 e. The summed E-state index contributed by atoms with van der Waals surface area (Å²) in [5.41, 5.74) is -1.77. The van der Waals surface area contributed by atoms with Crippen molar-refractivity contribution >= 4 is 34.7 Å². The van der Waals surface area contributed by atoms with Gasteiger partial charge in [-0.05, 0) is 25.0 Å². The molecule has 0 aliphatic carbocycles. The first kappa shape index (κ1) is 18.2. The van der Waals surface area contributed by atoms with Crippen LogP contribution in [0, 0.1) is 10.1 Å². The van der Waals surface area contributed by atoms with Gasteiger partial charge in [-0.1, -0.05) is 11.6 Å². The molecular weight excluding hydrogens is 374 g/mol. The van der Waals surface area contributed by atoms with Gasteiger partial charge in [0.1, 0.15) is 12.1 Å². The summed E-state index contributed by atoms with van der Waals surface area (Å²) in [5.74, 6) is -5.19. The second kappa shape index (κ2) is 6.31. The standard InChI is InChI=1S/C16H13ClF2N2O5/c1-26-15(23)12-4-5-13-16(18,19)10(7-14(22)20(12)13)9-6-8(17)2-3-11(9)21(24)25/h2-3,6-7,12-13H,4-5H2,1H3/t12-,13-/m0/s1. The minimum Gasteiger partial charge on any atom is -0.467 e. The summed E-state index contributed by atoms with van der Waals surface area (Å²) in [6.45, 7) is 0. The molecule has 26 heavy (non-hydrogen) atoms. The highest BCUT2D eigenvalue weighted by Gasteiger charge is 2.58. The second-order valence-electron chi connectivity index (χ2n) is 5.98. The molecule has 138 valence electrons. The average molecular weight is 387 g/mol. The number of fused-ring (bicyclic) bond motifs is 1. The van der Waals surface area contributed by atoms with Gasteiger partial charge in [0.05, 0.1) is 17.6 Å². The van der Waals surface area contributed by atoms with Crippen molar-refractivity contribution in [3.63, 3.8) is 0 Å². The van der Waals surface area contributed by atoms with Crippen LogP contribution in [0.3, 0.4) is 0 Å². The van der Waals surface area contributed by atoms with Gasteiger partial charge >= 0.3 is 5.97 Å². The first-order valence-corrected chi connectivity index (χ1v) is 8.00. The number of esters is 1. The Kier molecular flexibility index (Phi) is 4.43. The van der Waals surface area contributed by atoms with Crippen LogP contribution in [0.15, 0.2) is 24.3 Å². The molecule has 0 saturated carbocycles. The van der Waals surface area contributed by atoms with Crippen LogP contribution in [0.25, 0.3) is 5.57 Å². The molecular formula is C16H13ClF2N2O5. The van der Waals surface area contributed by atoms with Gasteiger partial charge in [0.25, 0.3) is 11.6 Å². The summed E-state index contributed by atoms with van der Waals surface area (Å²) in [4.78, 5) is 35.4. The summed E-state index contributed by atoms with van der Waals surface area (Å²) in [5, 5.41) is 11.2. The van der Waals surface area contributed by atoms with Gasteiger partial charge in [0.2, 0.25) is 5.91 Å². The fraction of sp³-hybridized carbons (Fsp3) is 0.375. The number of methoxy groups -OCH3 is 1. The van der Waals surface area contributed by atoms with E-state index < -0.39 is 51.6 Å². The Hall–Kier alpha value is -2.55. The molecule has 1 fully saturated rings. The van der Waals surface area contributed by atoms with Crippen LogP contribution in [-0.2, 0) is 14.3 Å². The Morgan fingerprint density at radius 3 is 2.73 bits per heavy atom. The maximum absolute atomic E-state index is 15.1. The topological polar surface area (TPSA) is 89.8 Å². The maximum Gasteiger partial charge on any atom is 0.328 e. The van der Waals surface area contributed by atoms with E-state index in [4.69, 9.17) is 11.6 Å². The van der Waals surface area contributed by atoms with Gasteiger partial charge in [0.15, 0.2) is 0 Å². The summed E-state index contributed by atoms with van der Waals surface area (Å²) >= 11 is 5.81. The number of alkyl halides is 2. The Labute approximate surface area is 151 Å². The monoisotopic (exact) mass is 386 g/mol. The minimum atomic E-state index is -3.59. The lowest BCUT2D eigenvalue weighted by atomic mass is 9.89. The SMILES string of the molecule is COC(=O)[C@@H]1CC[C@@H]2N1C(=O)C=C(c1cc(Cl)ccc1[N+](=O)[O-])C2(F)F. The molecule has 10 heteroatoms. The van der Waals surface area contributed by atoms with E-state index in [0.29, 0.717) is 6.08 Å². The van der Waals surface area contributed by atoms with Crippen molar-refractivity contribution in [1.29, 1.82) is 0 Å². The van der Waals surface area contributed by atoms with E-state index >= 15 is 8.78 Å². The molecule has 3 rings (SSSR count). The maximum atomic E-state index is 15.1. The van der Waals surface area contributed by atoms with Crippen molar-refractivity contribution in [3.8, 4) is 0 Å². The Bertz CT molecular complexity index is 842. The molecule has 0 spiro atoms. The summed E-state index contributed by atoms with van der Waals surface area (Å²) in [6, 6.07) is 0.571. The van der Waals surface area contributed by atoms with E-state index in [2.05, 4.69) is 4.74 Å². The molecule has 2 aliphatic rings. The first-order valence-electron chi connectivity index (χ1n) is 7.63. The van der Waals surface area contributed by atoms with Crippen LogP contribution < -0.4 is 0 Å². The molecule has 0 aromatic heterocycles. The number of amides is 1. The highest BCUT2D eigenvalue weighted by Crippen LogP contribution is 2.48. The second-order valence-corrected chi connectivity index (χ2v) is 6.41. The number of carbonyl (C=O) groups is 2. The zero-order valence-corrected chi connectivity index (χ0v) is 14.2. The molecule has 2 atom stereocenters. The summed E-state index contributed by atoms with van der Waals surface area (Å²) in [6.07, 6.45) is 0.526. The number of carbonyl (C=O) groups excluding carboxylic acids is 2. The third kappa shape index (κ3) is 2.72. The van der Waals surface area contributed by atoms with Crippen LogP contribution >= 0.6 is 11.6 Å². The van der Waals surface area contributed by atoms with E-state index in [0.717, 1.165) is 24.1 Å². The van der Waals surface area contributed by atoms with Gasteiger partial charge < -0.3 is 9.64 Å². The number of rotatable bonds is 3. The highest BCUT2D eigenvalue weighted by atomic mass is 35.5. The van der Waals surface area contributed by atoms with E-state index in [1.807, 2.05) is 0 Å². The van der Waals surface area contributed by atoms with Crippen molar-refractivity contribution in [2.75, 3.05) is 7.11 Å². The quantitative estimate of drug-likeness (QED) is 0.452. The fourth-order valence-electron chi connectivity index (χ4n) is 3.46. The Balaban J connectivity index is 2.13. The van der Waals surface area contributed by atoms with Gasteiger partial charge in [-0.25, -0.2) is 4.79 Å². The Morgan fingerprint density at radius 1 is 1.42 bits per heavy atom. The molecule has 1 amide bonds. The molecule has 0 unspecified atom stereocenters. The molecule has 1 saturated heterocycles. The average Bonchev–Trinajstić information content (AvgIpc) is 3.03. The molecule has 7 nitrogen and oxygen atoms in total. The van der Waals surface area contributed by atoms with Gasteiger partial charge in [0, 0.05) is 22.7 Å². The number of halogens is 3. The van der Waals surface area contributed by atoms with E-state index in [1.54, 1.807) is 0 Å². The summed E-state index contributed by atoms with van der Waals surface area (Å²) in [7, 11) is 1.11. The molecule has 1 aromatic rings. The lowest BCUT2D eigenvalue weighted by Gasteiger charge is -2.38. The molecule has 0 N–H and O–H groups in total. The van der Waals surface area contributed by atoms with Crippen molar-refractivity contribution < 1.29 is 28.0 Å². The number of nitro benzene ring substituents is 1. The molecule has 2 aliphatic heterocycles. The van der Waals surface area contributed by atoms with Crippen LogP contribution in [0.5, 0.6) is 0 Å². The lowest BCUT2D eigenvalue weighted by molar-refractivity contribution is -0.385. The third-order valence-electron chi connectivity index (χ3n) is 4.60. The fourth-order valence-corrected chi connectivity index (χ4v) is 3.63. The molecule has 0 bridgehead atoms. The number of nitro groups is 1. The Morgan fingerprint density at radius 2 is 2.12 bits per heavy atom. The van der Waals surface area contributed by atoms with Crippen LogP contribution in [0.2, 0.25) is 5.02 Å². The normalized spacial score (nSPS) is 24.1. The lowest BCUT2D eigenvalue weighted by Crippen LogP contribution is -2.54. The predicted molar refractivity (Wildman–Crippen MR) is 86.7 cm³/mol. The molecule has 1 aromatic carbocycles. The van der Waals surface area contributed by atoms with E-state index in [1.165, 1.54) is 6.07 Å². The zero-order valence-electron chi connectivity index (χ0n) is 13.4. The van der Waals surface area contributed by atoms with Crippen molar-refractivity contribution in [2.45, 2.75) is 30.8 Å². The van der Waals surface area contributed by atoms with Gasteiger partial charge in [-0.15, -0.1) is 0 Å². The predicted octanol–water partition coefficient (Wildman–Crippen LogP) is 2.81. The van der Waals surface area contributed by atoms with Crippen LogP contribution in [0.4, 0.5) is 14.5 Å². The minimum absolute atomic E-state index is 0.0241. The summed E-state index contributed by atoms with van der Waals surface area (Å²) < 4.78 is 34.8. The van der Waals surface area contributed by atoms with Crippen LogP contribution in [0.1, 0.15) is 18.4 Å². The van der Waals surface area contributed by atoms with E-state index in [-0.39, 0.29) is 17.9 Å². The first-order chi connectivity index (χ1) is 12.2. The third-order valence-corrected chi connectivity index (χ3v) is 4.84. The zero-order chi connectivity index (χ0) is 19.2. The molecule has 0 radical (unpaired) electrons. The molecule has 2 heterocycles.